The van der Waals surface area contributed by atoms with Gasteiger partial charge in [0.15, 0.2) is 5.78 Å². The molecule has 6 heteroatoms. The molecule has 32 heavy (non-hydrogen) atoms. The minimum atomic E-state index is -3.35. The van der Waals surface area contributed by atoms with Crippen LogP contribution in [-0.4, -0.2) is 30.1 Å². The lowest BCUT2D eigenvalue weighted by atomic mass is 9.97. The minimum absolute atomic E-state index is 0.280. The molecule has 0 bridgehead atoms. The van der Waals surface area contributed by atoms with Crippen molar-refractivity contribution in [3.63, 3.8) is 0 Å². The van der Waals surface area contributed by atoms with Crippen LogP contribution in [0.1, 0.15) is 23.2 Å². The molecule has 0 heterocycles. The maximum absolute atomic E-state index is 14.4. The number of carbonyl (C=O) groups excluding carboxylic acids is 1. The van der Waals surface area contributed by atoms with E-state index >= 15 is 0 Å². The van der Waals surface area contributed by atoms with Crippen molar-refractivity contribution in [3.8, 4) is 5.75 Å². The van der Waals surface area contributed by atoms with Crippen LogP contribution >= 0.6 is 7.29 Å². The first-order valence-electron chi connectivity index (χ1n) is 10.5. The fraction of sp³-hybridized carbons (Fsp3) is 0.192. The molecule has 3 rings (SSSR count). The Kier molecular flexibility index (Phi) is 8.18. The van der Waals surface area contributed by atoms with Crippen LogP contribution in [0.4, 0.5) is 0 Å². The number of allylic oxidation sites excluding steroid dienone is 1. The number of methoxy groups -OCH3 is 1. The summed E-state index contributed by atoms with van der Waals surface area (Å²) in [5.74, 6) is -0.106. The van der Waals surface area contributed by atoms with Crippen LogP contribution in [0.3, 0.4) is 0 Å². The number of para-hydroxylation sites is 1. The van der Waals surface area contributed by atoms with Gasteiger partial charge in [-0.05, 0) is 49.2 Å². The van der Waals surface area contributed by atoms with E-state index in [9.17, 15) is 14.5 Å². The number of hydrogen-bond acceptors (Lipinski definition) is 4. The summed E-state index contributed by atoms with van der Waals surface area (Å²) in [5, 5.41) is 15.5. The smallest absolute Gasteiger partial charge is 0.204 e. The van der Waals surface area contributed by atoms with Crippen molar-refractivity contribution >= 4 is 23.7 Å². The van der Waals surface area contributed by atoms with E-state index in [-0.39, 0.29) is 5.56 Å². The molecule has 166 valence electrons. The second-order valence-corrected chi connectivity index (χ2v) is 9.90. The molecule has 0 amide bonds. The summed E-state index contributed by atoms with van der Waals surface area (Å²) in [4.78, 5) is 13.2. The molecule has 3 aromatic carbocycles. The van der Waals surface area contributed by atoms with E-state index in [0.29, 0.717) is 29.2 Å². The van der Waals surface area contributed by atoms with E-state index in [1.54, 1.807) is 54.6 Å². The standard InChI is InChI=1S/C26H28NO4P/c1-3-4-18-23(26(29)25(28)22-17-11-12-19-24(22)31-2)27-32(30,20-13-7-5-8-14-20)21-15-9-6-10-16-21/h3,5-17,19,23,26,29H,1,4,18H2,2H3,(H,27,30)/t23-,26+/m1/s1. The molecule has 0 aliphatic carbocycles. The molecule has 0 spiro atoms. The molecular weight excluding hydrogens is 421 g/mol. The third-order valence-electron chi connectivity index (χ3n) is 5.29. The Morgan fingerprint density at radius 3 is 2.06 bits per heavy atom. The van der Waals surface area contributed by atoms with E-state index in [0.717, 1.165) is 0 Å². The first-order chi connectivity index (χ1) is 15.5. The lowest BCUT2D eigenvalue weighted by Crippen LogP contribution is -2.46. The molecule has 0 aliphatic heterocycles. The highest BCUT2D eigenvalue weighted by Gasteiger charge is 2.36. The number of ether oxygens (including phenoxy) is 1. The van der Waals surface area contributed by atoms with Crippen molar-refractivity contribution in [2.24, 2.45) is 0 Å². The number of benzene rings is 3. The van der Waals surface area contributed by atoms with Gasteiger partial charge in [-0.25, -0.2) is 0 Å². The van der Waals surface area contributed by atoms with Crippen molar-refractivity contribution in [1.29, 1.82) is 0 Å². The third kappa shape index (κ3) is 5.25. The number of Topliss-reactive ketones (excluding diaryl/α,β-unsaturated/α-hetero) is 1. The Morgan fingerprint density at radius 1 is 1.00 bits per heavy atom. The topological polar surface area (TPSA) is 75.6 Å². The van der Waals surface area contributed by atoms with Crippen LogP contribution in [0, 0.1) is 0 Å². The molecular formula is C26H28NO4P. The molecule has 3 aromatic rings. The fourth-order valence-corrected chi connectivity index (χ4v) is 6.11. The van der Waals surface area contributed by atoms with E-state index in [2.05, 4.69) is 11.7 Å². The van der Waals surface area contributed by atoms with Crippen LogP contribution in [-0.2, 0) is 4.57 Å². The highest BCUT2D eigenvalue weighted by molar-refractivity contribution is 7.76. The Bertz CT molecular complexity index is 1040. The molecule has 0 saturated carbocycles. The fourth-order valence-electron chi connectivity index (χ4n) is 3.59. The zero-order valence-electron chi connectivity index (χ0n) is 18.1. The van der Waals surface area contributed by atoms with Gasteiger partial charge in [0, 0.05) is 16.7 Å². The number of ketones is 1. The predicted octanol–water partition coefficient (Wildman–Crippen LogP) is 4.09. The quantitative estimate of drug-likeness (QED) is 0.262. The molecule has 0 unspecified atom stereocenters. The molecule has 0 fully saturated rings. The van der Waals surface area contributed by atoms with Crippen molar-refractivity contribution in [2.75, 3.05) is 7.11 Å². The predicted molar refractivity (Wildman–Crippen MR) is 129 cm³/mol. The lowest BCUT2D eigenvalue weighted by Gasteiger charge is -2.29. The summed E-state index contributed by atoms with van der Waals surface area (Å²) in [7, 11) is -1.87. The summed E-state index contributed by atoms with van der Waals surface area (Å²) in [6.07, 6.45) is 1.21. The van der Waals surface area contributed by atoms with Gasteiger partial charge in [0.05, 0.1) is 12.7 Å². The van der Waals surface area contributed by atoms with E-state index in [4.69, 9.17) is 4.74 Å². The SMILES string of the molecule is C=CCC[C@@H](NP(=O)(c1ccccc1)c1ccccc1)[C@H](O)C(=O)c1ccccc1OC. The average molecular weight is 449 g/mol. The van der Waals surface area contributed by atoms with Gasteiger partial charge in [-0.15, -0.1) is 6.58 Å². The Hall–Kier alpha value is -2.98. The zero-order valence-corrected chi connectivity index (χ0v) is 18.9. The summed E-state index contributed by atoms with van der Waals surface area (Å²) in [6, 6.07) is 24.2. The first kappa shape index (κ1) is 23.7. The highest BCUT2D eigenvalue weighted by atomic mass is 31.2. The van der Waals surface area contributed by atoms with Crippen molar-refractivity contribution in [3.05, 3.63) is 103 Å². The van der Waals surface area contributed by atoms with Crippen LogP contribution in [0.25, 0.3) is 0 Å². The van der Waals surface area contributed by atoms with Gasteiger partial charge in [-0.3, -0.25) is 14.4 Å². The number of nitrogens with one attached hydrogen (secondary N) is 1. The zero-order chi connectivity index (χ0) is 23.0. The maximum Gasteiger partial charge on any atom is 0.204 e. The summed E-state index contributed by atoms with van der Waals surface area (Å²) >= 11 is 0. The monoisotopic (exact) mass is 449 g/mol. The largest absolute Gasteiger partial charge is 0.496 e. The maximum atomic E-state index is 14.4. The number of hydrogen-bond donors (Lipinski definition) is 2. The Morgan fingerprint density at radius 2 is 1.53 bits per heavy atom. The number of aliphatic hydroxyl groups is 1. The molecule has 2 N–H and O–H groups in total. The van der Waals surface area contributed by atoms with Crippen LogP contribution in [0.2, 0.25) is 0 Å². The third-order valence-corrected chi connectivity index (χ3v) is 8.04. The van der Waals surface area contributed by atoms with Crippen molar-refractivity contribution in [2.45, 2.75) is 25.0 Å². The van der Waals surface area contributed by atoms with Gasteiger partial charge in [0.25, 0.3) is 0 Å². The number of rotatable bonds is 11. The second kappa shape index (κ2) is 11.1. The van der Waals surface area contributed by atoms with Gasteiger partial charge in [0.2, 0.25) is 7.29 Å². The molecule has 2 atom stereocenters. The molecule has 0 radical (unpaired) electrons. The van der Waals surface area contributed by atoms with Crippen molar-refractivity contribution < 1.29 is 19.2 Å². The van der Waals surface area contributed by atoms with Crippen molar-refractivity contribution in [1.82, 2.24) is 5.09 Å². The van der Waals surface area contributed by atoms with Crippen LogP contribution in [0.15, 0.2) is 97.6 Å². The average Bonchev–Trinajstić information content (AvgIpc) is 2.86. The molecule has 0 saturated heterocycles. The number of aliphatic hydroxyl groups excluding tert-OH is 1. The Labute approximate surface area is 189 Å². The summed E-state index contributed by atoms with van der Waals surface area (Å²) < 4.78 is 19.7. The highest BCUT2D eigenvalue weighted by Crippen LogP contribution is 2.40. The molecule has 0 aliphatic rings. The van der Waals surface area contributed by atoms with E-state index < -0.39 is 25.2 Å². The van der Waals surface area contributed by atoms with Crippen LogP contribution in [0.5, 0.6) is 5.75 Å². The van der Waals surface area contributed by atoms with Gasteiger partial charge < -0.3 is 9.84 Å². The van der Waals surface area contributed by atoms with Crippen LogP contribution < -0.4 is 20.4 Å². The van der Waals surface area contributed by atoms with Gasteiger partial charge in [-0.1, -0.05) is 54.6 Å². The normalized spacial score (nSPS) is 13.2. The number of carbonyl (C=O) groups is 1. The van der Waals surface area contributed by atoms with Gasteiger partial charge >= 0.3 is 0 Å². The van der Waals surface area contributed by atoms with Gasteiger partial charge in [-0.2, -0.15) is 0 Å². The van der Waals surface area contributed by atoms with E-state index in [1.165, 1.54) is 7.11 Å². The lowest BCUT2D eigenvalue weighted by molar-refractivity contribution is 0.0669. The summed E-state index contributed by atoms with van der Waals surface area (Å²) in [5.41, 5.74) is 0.280. The second-order valence-electron chi connectivity index (χ2n) is 7.39. The van der Waals surface area contributed by atoms with E-state index in [1.807, 2.05) is 36.4 Å². The molecule has 0 aromatic heterocycles. The first-order valence-corrected chi connectivity index (χ1v) is 12.2. The minimum Gasteiger partial charge on any atom is -0.496 e. The van der Waals surface area contributed by atoms with Gasteiger partial charge in [0.1, 0.15) is 11.9 Å². The Balaban J connectivity index is 2.01. The molecule has 5 nitrogen and oxygen atoms in total. The summed E-state index contributed by atoms with van der Waals surface area (Å²) in [6.45, 7) is 3.75.